The van der Waals surface area contributed by atoms with Crippen molar-refractivity contribution in [2.45, 2.75) is 76.7 Å². The Morgan fingerprint density at radius 1 is 1.23 bits per heavy atom. The number of aromatic nitrogens is 2. The first-order chi connectivity index (χ1) is 22.9. The van der Waals surface area contributed by atoms with Crippen molar-refractivity contribution in [3.63, 3.8) is 0 Å². The Labute approximate surface area is 294 Å². The summed E-state index contributed by atoms with van der Waals surface area (Å²) in [6, 6.07) is 0.271. The number of ether oxygens (including phenoxy) is 1. The molecule has 5 rings (SSSR count). The molecular formula is C35H49Cl2FN8O2. The molecule has 2 unspecified atom stereocenters. The van der Waals surface area contributed by atoms with E-state index in [-0.39, 0.29) is 34.2 Å². The fourth-order valence-electron chi connectivity index (χ4n) is 7.59. The Balaban J connectivity index is 1.55. The molecule has 0 radical (unpaired) electrons. The van der Waals surface area contributed by atoms with Gasteiger partial charge in [-0.15, -0.1) is 0 Å². The predicted octanol–water partition coefficient (Wildman–Crippen LogP) is 4.97. The minimum absolute atomic E-state index is 0.00345. The Bertz CT molecular complexity index is 1540. The number of halogens is 3. The highest BCUT2D eigenvalue weighted by Gasteiger charge is 2.49. The lowest BCUT2D eigenvalue weighted by Gasteiger charge is -2.38. The van der Waals surface area contributed by atoms with Crippen molar-refractivity contribution < 1.29 is 13.9 Å². The van der Waals surface area contributed by atoms with Crippen LogP contribution in [-0.4, -0.2) is 115 Å². The van der Waals surface area contributed by atoms with Crippen molar-refractivity contribution in [1.29, 1.82) is 0 Å². The van der Waals surface area contributed by atoms with Gasteiger partial charge in [0.25, 0.3) is 5.91 Å². The first-order valence-corrected chi connectivity index (χ1v) is 17.6. The van der Waals surface area contributed by atoms with E-state index >= 15 is 0 Å². The quantitative estimate of drug-likeness (QED) is 0.269. The molecule has 13 heteroatoms. The van der Waals surface area contributed by atoms with Gasteiger partial charge < -0.3 is 20.3 Å². The average molecular weight is 704 g/mol. The summed E-state index contributed by atoms with van der Waals surface area (Å²) in [4.78, 5) is 35.5. The highest BCUT2D eigenvalue weighted by Crippen LogP contribution is 2.41. The normalized spacial score (nSPS) is 26.0. The molecule has 48 heavy (non-hydrogen) atoms. The number of fused-ring (bicyclic) bond motifs is 2. The van der Waals surface area contributed by atoms with Crippen molar-refractivity contribution in [3.8, 4) is 6.01 Å². The van der Waals surface area contributed by atoms with Crippen LogP contribution in [0.5, 0.6) is 6.01 Å². The molecule has 2 N–H and O–H groups in total. The maximum absolute atomic E-state index is 14.6. The number of alkyl halides is 1. The van der Waals surface area contributed by atoms with Gasteiger partial charge in [-0.25, -0.2) is 4.39 Å². The summed E-state index contributed by atoms with van der Waals surface area (Å²) >= 11 is 13.2. The summed E-state index contributed by atoms with van der Waals surface area (Å²) < 4.78 is 21.0. The zero-order valence-corrected chi connectivity index (χ0v) is 30.4. The molecule has 10 nitrogen and oxygen atoms in total. The summed E-state index contributed by atoms with van der Waals surface area (Å²) in [7, 11) is 5.36. The van der Waals surface area contributed by atoms with Crippen LogP contribution in [0, 0.1) is 0 Å². The van der Waals surface area contributed by atoms with Crippen LogP contribution < -0.4 is 15.4 Å². The Morgan fingerprint density at radius 3 is 2.69 bits per heavy atom. The molecule has 1 aromatic rings. The van der Waals surface area contributed by atoms with Gasteiger partial charge in [-0.2, -0.15) is 9.97 Å². The molecule has 2 fully saturated rings. The van der Waals surface area contributed by atoms with Crippen LogP contribution >= 0.6 is 23.2 Å². The first-order valence-electron chi connectivity index (χ1n) is 16.9. The highest BCUT2D eigenvalue weighted by molar-refractivity contribution is 6.45. The van der Waals surface area contributed by atoms with Crippen LogP contribution in [-0.2, 0) is 17.8 Å². The zero-order valence-electron chi connectivity index (χ0n) is 28.9. The third kappa shape index (κ3) is 7.44. The van der Waals surface area contributed by atoms with Gasteiger partial charge in [0.1, 0.15) is 24.3 Å². The molecule has 1 aromatic heterocycles. The topological polar surface area (TPSA) is 103 Å². The fraction of sp³-hybridized carbons (Fsp3) is 0.600. The Morgan fingerprint density at radius 2 is 2.00 bits per heavy atom. The Hall–Kier alpha value is -2.99. The zero-order chi connectivity index (χ0) is 34.7. The second-order valence-corrected chi connectivity index (χ2v) is 14.3. The van der Waals surface area contributed by atoms with Gasteiger partial charge in [-0.3, -0.25) is 19.6 Å². The van der Waals surface area contributed by atoms with Crippen molar-refractivity contribution in [2.24, 2.45) is 10.7 Å². The van der Waals surface area contributed by atoms with Crippen LogP contribution in [0.4, 0.5) is 10.2 Å². The van der Waals surface area contributed by atoms with E-state index in [0.717, 1.165) is 60.4 Å². The number of hydrogen-bond acceptors (Lipinski definition) is 9. The van der Waals surface area contributed by atoms with E-state index in [1.165, 1.54) is 4.90 Å². The molecule has 5 heterocycles. The molecule has 3 atom stereocenters. The number of allylic oxidation sites excluding steroid dienone is 3. The fourth-order valence-corrected chi connectivity index (χ4v) is 8.03. The molecule has 0 spiro atoms. The van der Waals surface area contributed by atoms with Gasteiger partial charge in [0.2, 0.25) is 0 Å². The number of aliphatic imine (C=N–C) groups is 1. The van der Waals surface area contributed by atoms with E-state index in [4.69, 9.17) is 48.6 Å². The van der Waals surface area contributed by atoms with Crippen molar-refractivity contribution >= 4 is 40.6 Å². The third-order valence-corrected chi connectivity index (χ3v) is 10.6. The molecule has 4 aliphatic heterocycles. The number of hydrogen-bond donors (Lipinski definition) is 1. The van der Waals surface area contributed by atoms with Crippen LogP contribution in [0.2, 0.25) is 0 Å². The lowest BCUT2D eigenvalue weighted by Crippen LogP contribution is -2.44. The van der Waals surface area contributed by atoms with E-state index < -0.39 is 6.17 Å². The van der Waals surface area contributed by atoms with Gasteiger partial charge >= 0.3 is 6.01 Å². The van der Waals surface area contributed by atoms with Crippen LogP contribution in [0.3, 0.4) is 0 Å². The smallest absolute Gasteiger partial charge is 0.318 e. The van der Waals surface area contributed by atoms with E-state index in [1.54, 1.807) is 14.1 Å². The van der Waals surface area contributed by atoms with E-state index in [0.29, 0.717) is 62.9 Å². The van der Waals surface area contributed by atoms with Gasteiger partial charge in [0.05, 0.1) is 28.5 Å². The Kier molecular flexibility index (Phi) is 11.5. The lowest BCUT2D eigenvalue weighted by atomic mass is 9.89. The first kappa shape index (κ1) is 36.3. The van der Waals surface area contributed by atoms with Crippen molar-refractivity contribution in [1.82, 2.24) is 24.7 Å². The minimum Gasteiger partial charge on any atom is -0.461 e. The van der Waals surface area contributed by atoms with Gasteiger partial charge in [0.15, 0.2) is 0 Å². The monoisotopic (exact) mass is 702 g/mol. The average Bonchev–Trinajstić information content (AvgIpc) is 3.46. The number of nitrogens with zero attached hydrogens (tertiary/aromatic N) is 7. The number of anilines is 1. The predicted molar refractivity (Wildman–Crippen MR) is 192 cm³/mol. The lowest BCUT2D eigenvalue weighted by molar-refractivity contribution is -0.124. The van der Waals surface area contributed by atoms with Crippen molar-refractivity contribution in [2.75, 3.05) is 65.4 Å². The summed E-state index contributed by atoms with van der Waals surface area (Å²) in [6.07, 6.45) is 7.77. The second-order valence-electron chi connectivity index (χ2n) is 13.5. The standard InChI is InChI=1S/C35H49Cl2FN8O2/c1-7-11-25(24(8-2)22(3)36)29-16-27-26(19-44(29)6)32(42-34(41-27)48-21-35-12-9-15-46(35)18-23(38)17-35)45-14-10-13-40-28(20-45)30(37)31(39)33(47)43(4)5/h7,11,23,29H,3,8-10,12-21,39H2,1-2,4-6H3/b11-7-,25-24+,31-30+/t23?,29?,35-/m0/s1. The second kappa shape index (κ2) is 15.3. The van der Waals surface area contributed by atoms with E-state index in [9.17, 15) is 9.18 Å². The molecule has 0 saturated carbocycles. The number of carbonyl (C=O) groups is 1. The molecule has 2 saturated heterocycles. The van der Waals surface area contributed by atoms with Crippen LogP contribution in [0.25, 0.3) is 0 Å². The van der Waals surface area contributed by atoms with Crippen molar-refractivity contribution in [3.05, 3.63) is 56.9 Å². The van der Waals surface area contributed by atoms with Crippen LogP contribution in [0.15, 0.2) is 50.6 Å². The number of carbonyl (C=O) groups excluding carboxylic acids is 1. The largest absolute Gasteiger partial charge is 0.461 e. The molecule has 4 aliphatic rings. The molecule has 0 bridgehead atoms. The number of likely N-dealkylation sites (N-methyl/N-ethyl adjacent to an activating group) is 2. The molecule has 0 aromatic carbocycles. The van der Waals surface area contributed by atoms with Gasteiger partial charge in [0, 0.05) is 69.8 Å². The molecular weight excluding hydrogens is 654 g/mol. The molecule has 1 amide bonds. The minimum atomic E-state index is -0.856. The maximum atomic E-state index is 14.6. The van der Waals surface area contributed by atoms with Crippen LogP contribution in [0.1, 0.15) is 57.2 Å². The van der Waals surface area contributed by atoms with E-state index in [2.05, 4.69) is 41.3 Å². The summed E-state index contributed by atoms with van der Waals surface area (Å²) in [5, 5.41) is 0.683. The molecule has 262 valence electrons. The molecule has 0 aliphatic carbocycles. The van der Waals surface area contributed by atoms with Gasteiger partial charge in [-0.05, 0) is 57.3 Å². The number of nitrogens with two attached hydrogens (primary N) is 1. The highest BCUT2D eigenvalue weighted by atomic mass is 35.5. The summed E-state index contributed by atoms with van der Waals surface area (Å²) in [5.74, 6) is 0.363. The summed E-state index contributed by atoms with van der Waals surface area (Å²) in [6.45, 7) is 11.9. The van der Waals surface area contributed by atoms with Gasteiger partial charge in [-0.1, -0.05) is 48.9 Å². The van der Waals surface area contributed by atoms with E-state index in [1.807, 2.05) is 13.0 Å². The summed E-state index contributed by atoms with van der Waals surface area (Å²) in [5.41, 5.74) is 10.4. The third-order valence-electron chi connectivity index (χ3n) is 10.00. The number of amides is 1. The number of rotatable bonds is 10. The maximum Gasteiger partial charge on any atom is 0.318 e. The SMILES string of the molecule is C=C(Cl)/C(CC)=C(\C=C/C)C1Cc2nc(OC[C@@]34CCCN3CC(F)C4)nc(N3CCCN=C(/C(Cl)=C(\N)C(=O)N(C)C)C3)c2CN1C.